The monoisotopic (exact) mass is 244 g/mol. The summed E-state index contributed by atoms with van der Waals surface area (Å²) >= 11 is 0. The van der Waals surface area contributed by atoms with E-state index in [1.165, 1.54) is 37.9 Å². The average molecular weight is 244 g/mol. The van der Waals surface area contributed by atoms with Crippen LogP contribution in [0.3, 0.4) is 0 Å². The molecule has 1 heterocycles. The van der Waals surface area contributed by atoms with Crippen LogP contribution >= 0.6 is 0 Å². The Hall–Kier alpha value is -0.860. The van der Waals surface area contributed by atoms with E-state index in [2.05, 4.69) is 49.4 Å². The summed E-state index contributed by atoms with van der Waals surface area (Å²) in [6.45, 7) is 4.56. The molecule has 1 aromatic carbocycles. The lowest BCUT2D eigenvalue weighted by Gasteiger charge is -2.35. The summed E-state index contributed by atoms with van der Waals surface area (Å²) in [7, 11) is 4.44. The molecular formula is C16H24N2. The molecule has 1 unspecified atom stereocenters. The lowest BCUT2D eigenvalue weighted by molar-refractivity contribution is 0.223. The van der Waals surface area contributed by atoms with Crippen LogP contribution in [0, 0.1) is 6.92 Å². The van der Waals surface area contributed by atoms with Crippen LogP contribution in [0.25, 0.3) is 0 Å². The minimum absolute atomic E-state index is 0.448. The van der Waals surface area contributed by atoms with Crippen LogP contribution in [0.2, 0.25) is 0 Å². The summed E-state index contributed by atoms with van der Waals surface area (Å²) < 4.78 is 0. The zero-order valence-corrected chi connectivity index (χ0v) is 11.8. The van der Waals surface area contributed by atoms with Gasteiger partial charge in [-0.05, 0) is 69.9 Å². The Morgan fingerprint density at radius 1 is 1.22 bits per heavy atom. The molecule has 0 aromatic heterocycles. The third-order valence-corrected chi connectivity index (χ3v) is 4.91. The van der Waals surface area contributed by atoms with E-state index in [1.54, 1.807) is 11.1 Å². The van der Waals surface area contributed by atoms with Crippen molar-refractivity contribution < 1.29 is 0 Å². The Labute approximate surface area is 110 Å². The van der Waals surface area contributed by atoms with Gasteiger partial charge in [-0.1, -0.05) is 23.8 Å². The van der Waals surface area contributed by atoms with E-state index in [-0.39, 0.29) is 0 Å². The van der Waals surface area contributed by atoms with Crippen LogP contribution in [-0.2, 0) is 5.41 Å². The Morgan fingerprint density at radius 2 is 1.94 bits per heavy atom. The van der Waals surface area contributed by atoms with Gasteiger partial charge in [0.25, 0.3) is 0 Å². The third-order valence-electron chi connectivity index (χ3n) is 4.91. The van der Waals surface area contributed by atoms with Crippen molar-refractivity contribution in [3.8, 4) is 0 Å². The standard InChI is InChI=1S/C16H24N2/c1-12-4-5-14-13(10-12)15(18(2)3)11-16(14)6-8-17-9-7-16/h4-5,10,15,17H,6-9,11H2,1-3H3. The van der Waals surface area contributed by atoms with Crippen molar-refractivity contribution in [2.24, 2.45) is 0 Å². The molecule has 0 saturated carbocycles. The van der Waals surface area contributed by atoms with Crippen molar-refractivity contribution in [3.63, 3.8) is 0 Å². The predicted molar refractivity (Wildman–Crippen MR) is 76.0 cm³/mol. The molecule has 2 heteroatoms. The molecule has 3 rings (SSSR count). The molecular weight excluding hydrogens is 220 g/mol. The summed E-state index contributed by atoms with van der Waals surface area (Å²) in [6, 6.07) is 7.72. The molecule has 1 aromatic rings. The molecule has 1 N–H and O–H groups in total. The Balaban J connectivity index is 2.07. The number of fused-ring (bicyclic) bond motifs is 2. The van der Waals surface area contributed by atoms with E-state index in [9.17, 15) is 0 Å². The highest BCUT2D eigenvalue weighted by Gasteiger charge is 2.44. The number of nitrogens with zero attached hydrogens (tertiary/aromatic N) is 1. The van der Waals surface area contributed by atoms with Crippen LogP contribution in [0.5, 0.6) is 0 Å². The van der Waals surface area contributed by atoms with Gasteiger partial charge >= 0.3 is 0 Å². The highest BCUT2D eigenvalue weighted by Crippen LogP contribution is 2.51. The van der Waals surface area contributed by atoms with Crippen LogP contribution < -0.4 is 5.32 Å². The van der Waals surface area contributed by atoms with Gasteiger partial charge in [0, 0.05) is 6.04 Å². The normalized spacial score (nSPS) is 25.7. The largest absolute Gasteiger partial charge is 0.317 e. The van der Waals surface area contributed by atoms with Gasteiger partial charge in [0.1, 0.15) is 0 Å². The quantitative estimate of drug-likeness (QED) is 0.817. The third kappa shape index (κ3) is 1.79. The molecule has 1 aliphatic carbocycles. The molecule has 0 amide bonds. The molecule has 0 radical (unpaired) electrons. The van der Waals surface area contributed by atoms with E-state index in [4.69, 9.17) is 0 Å². The van der Waals surface area contributed by atoms with Gasteiger partial charge in [-0.25, -0.2) is 0 Å². The molecule has 2 nitrogen and oxygen atoms in total. The van der Waals surface area contributed by atoms with E-state index in [0.29, 0.717) is 11.5 Å². The number of nitrogens with one attached hydrogen (secondary N) is 1. The number of benzene rings is 1. The Morgan fingerprint density at radius 3 is 2.61 bits per heavy atom. The first-order chi connectivity index (χ1) is 8.62. The molecule has 1 atom stereocenters. The second-order valence-corrected chi connectivity index (χ2v) is 6.30. The lowest BCUT2D eigenvalue weighted by atomic mass is 9.74. The fourth-order valence-electron chi connectivity index (χ4n) is 3.87. The van der Waals surface area contributed by atoms with Crippen molar-refractivity contribution in [2.75, 3.05) is 27.2 Å². The summed E-state index contributed by atoms with van der Waals surface area (Å²) in [4.78, 5) is 2.40. The van der Waals surface area contributed by atoms with Gasteiger partial charge in [0.2, 0.25) is 0 Å². The zero-order chi connectivity index (χ0) is 12.8. The first kappa shape index (κ1) is 12.2. The van der Waals surface area contributed by atoms with Gasteiger partial charge < -0.3 is 10.2 Å². The van der Waals surface area contributed by atoms with Gasteiger partial charge in [0.15, 0.2) is 0 Å². The summed E-state index contributed by atoms with van der Waals surface area (Å²) in [6.07, 6.45) is 3.90. The van der Waals surface area contributed by atoms with Gasteiger partial charge in [-0.15, -0.1) is 0 Å². The second-order valence-electron chi connectivity index (χ2n) is 6.30. The average Bonchev–Trinajstić information content (AvgIpc) is 2.65. The molecule has 18 heavy (non-hydrogen) atoms. The molecule has 1 saturated heterocycles. The Kier molecular flexibility index (Phi) is 2.95. The first-order valence-electron chi connectivity index (χ1n) is 7.11. The molecule has 1 aliphatic heterocycles. The predicted octanol–water partition coefficient (Wildman–Crippen LogP) is 2.62. The van der Waals surface area contributed by atoms with Gasteiger partial charge in [0.05, 0.1) is 0 Å². The minimum Gasteiger partial charge on any atom is -0.317 e. The number of hydrogen-bond donors (Lipinski definition) is 1. The smallest absolute Gasteiger partial charge is 0.0353 e. The maximum absolute atomic E-state index is 3.51. The summed E-state index contributed by atoms with van der Waals surface area (Å²) in [5.74, 6) is 0. The first-order valence-corrected chi connectivity index (χ1v) is 7.11. The van der Waals surface area contributed by atoms with Crippen LogP contribution in [-0.4, -0.2) is 32.1 Å². The van der Waals surface area contributed by atoms with Crippen LogP contribution in [0.1, 0.15) is 42.0 Å². The molecule has 98 valence electrons. The maximum atomic E-state index is 3.51. The SMILES string of the molecule is Cc1ccc2c(c1)C(N(C)C)CC21CCNCC1. The van der Waals surface area contributed by atoms with Crippen molar-refractivity contribution >= 4 is 0 Å². The Bertz CT molecular complexity index is 444. The number of hydrogen-bond acceptors (Lipinski definition) is 2. The van der Waals surface area contributed by atoms with Crippen molar-refractivity contribution in [2.45, 2.75) is 37.6 Å². The van der Waals surface area contributed by atoms with Crippen molar-refractivity contribution in [1.82, 2.24) is 10.2 Å². The fourth-order valence-corrected chi connectivity index (χ4v) is 3.87. The zero-order valence-electron chi connectivity index (χ0n) is 11.8. The highest BCUT2D eigenvalue weighted by atomic mass is 15.1. The van der Waals surface area contributed by atoms with E-state index in [1.807, 2.05) is 0 Å². The van der Waals surface area contributed by atoms with Crippen molar-refractivity contribution in [1.29, 1.82) is 0 Å². The number of rotatable bonds is 1. The second kappa shape index (κ2) is 4.36. The molecule has 0 bridgehead atoms. The van der Waals surface area contributed by atoms with Crippen molar-refractivity contribution in [3.05, 3.63) is 34.9 Å². The molecule has 1 spiro atoms. The maximum Gasteiger partial charge on any atom is 0.0353 e. The van der Waals surface area contributed by atoms with E-state index in [0.717, 1.165) is 0 Å². The molecule has 2 aliphatic rings. The molecule has 1 fully saturated rings. The van der Waals surface area contributed by atoms with Crippen LogP contribution in [0.15, 0.2) is 18.2 Å². The number of piperidine rings is 1. The van der Waals surface area contributed by atoms with E-state index < -0.39 is 0 Å². The summed E-state index contributed by atoms with van der Waals surface area (Å²) in [5, 5.41) is 3.51. The van der Waals surface area contributed by atoms with Gasteiger partial charge in [-0.2, -0.15) is 0 Å². The highest BCUT2D eigenvalue weighted by molar-refractivity contribution is 5.44. The van der Waals surface area contributed by atoms with Gasteiger partial charge in [-0.3, -0.25) is 0 Å². The summed E-state index contributed by atoms with van der Waals surface area (Å²) in [5.41, 5.74) is 5.06. The number of aryl methyl sites for hydroxylation is 1. The minimum atomic E-state index is 0.448. The lowest BCUT2D eigenvalue weighted by Crippen LogP contribution is -2.38. The van der Waals surface area contributed by atoms with Crippen LogP contribution in [0.4, 0.5) is 0 Å². The fraction of sp³-hybridized carbons (Fsp3) is 0.625. The topological polar surface area (TPSA) is 15.3 Å². The van der Waals surface area contributed by atoms with E-state index >= 15 is 0 Å².